The smallest absolute Gasteiger partial charge is 0.314 e. The van der Waals surface area contributed by atoms with Gasteiger partial charge < -0.3 is 15.2 Å². The molecule has 0 saturated heterocycles. The van der Waals surface area contributed by atoms with Crippen molar-refractivity contribution in [1.29, 1.82) is 0 Å². The summed E-state index contributed by atoms with van der Waals surface area (Å²) in [4.78, 5) is 22.7. The number of aryl methyl sites for hydroxylation is 1. The molecule has 0 fully saturated rings. The first-order chi connectivity index (χ1) is 9.24. The predicted octanol–water partition coefficient (Wildman–Crippen LogP) is 1.73. The molecule has 0 spiro atoms. The first kappa shape index (κ1) is 15.3. The fraction of sp³-hybridized carbons (Fsp3) is 0.571. The zero-order valence-corrected chi connectivity index (χ0v) is 11.5. The number of hydrogen-bond donors (Lipinski definition) is 2. The molecule has 0 aromatic carbocycles. The summed E-state index contributed by atoms with van der Waals surface area (Å²) in [6.07, 6.45) is 5.60. The van der Waals surface area contributed by atoms with Crippen LogP contribution in [0.4, 0.5) is 4.79 Å². The molecule has 106 valence electrons. The number of hydrogen-bond acceptors (Lipinski definition) is 2. The number of carbonyl (C=O) groups excluding carboxylic acids is 1. The van der Waals surface area contributed by atoms with Crippen molar-refractivity contribution >= 4 is 6.03 Å². The second kappa shape index (κ2) is 9.19. The van der Waals surface area contributed by atoms with Gasteiger partial charge in [0.2, 0.25) is 5.56 Å². The fourth-order valence-corrected chi connectivity index (χ4v) is 1.70. The van der Waals surface area contributed by atoms with Gasteiger partial charge in [-0.1, -0.05) is 19.4 Å². The topological polar surface area (TPSA) is 63.1 Å². The number of unbranched alkanes of at least 4 members (excludes halogenated alkanes) is 2. The van der Waals surface area contributed by atoms with Crippen LogP contribution in [0.5, 0.6) is 0 Å². The summed E-state index contributed by atoms with van der Waals surface area (Å²) in [5.41, 5.74) is 0.0211. The van der Waals surface area contributed by atoms with Crippen LogP contribution in [0.3, 0.4) is 0 Å². The molecule has 1 aromatic heterocycles. The Morgan fingerprint density at radius 1 is 1.16 bits per heavy atom. The molecule has 19 heavy (non-hydrogen) atoms. The van der Waals surface area contributed by atoms with Gasteiger partial charge in [-0.2, -0.15) is 0 Å². The minimum Gasteiger partial charge on any atom is -0.338 e. The van der Waals surface area contributed by atoms with Gasteiger partial charge >= 0.3 is 6.03 Å². The number of rotatable bonds is 8. The third-order valence-corrected chi connectivity index (χ3v) is 2.83. The van der Waals surface area contributed by atoms with E-state index in [9.17, 15) is 9.59 Å². The zero-order valence-electron chi connectivity index (χ0n) is 11.5. The molecule has 5 nitrogen and oxygen atoms in total. The number of aromatic nitrogens is 1. The highest BCUT2D eigenvalue weighted by Crippen LogP contribution is 1.92. The SMILES string of the molecule is CCCCNC(=O)NCCCCn1ccccc1=O. The highest BCUT2D eigenvalue weighted by atomic mass is 16.2. The largest absolute Gasteiger partial charge is 0.338 e. The van der Waals surface area contributed by atoms with Crippen LogP contribution in [0.15, 0.2) is 29.2 Å². The second-order valence-electron chi connectivity index (χ2n) is 4.48. The van der Waals surface area contributed by atoms with Crippen molar-refractivity contribution in [2.45, 2.75) is 39.2 Å². The third-order valence-electron chi connectivity index (χ3n) is 2.83. The van der Waals surface area contributed by atoms with E-state index in [-0.39, 0.29) is 11.6 Å². The summed E-state index contributed by atoms with van der Waals surface area (Å²) in [6, 6.07) is 5.03. The molecular weight excluding hydrogens is 242 g/mol. The van der Waals surface area contributed by atoms with Crippen LogP contribution >= 0.6 is 0 Å². The van der Waals surface area contributed by atoms with Crippen LogP contribution in [0.1, 0.15) is 32.6 Å². The molecule has 0 aliphatic carbocycles. The van der Waals surface area contributed by atoms with Gasteiger partial charge in [-0.3, -0.25) is 4.79 Å². The maximum Gasteiger partial charge on any atom is 0.314 e. The Hall–Kier alpha value is -1.78. The minimum atomic E-state index is -0.106. The van der Waals surface area contributed by atoms with E-state index in [4.69, 9.17) is 0 Å². The van der Waals surface area contributed by atoms with Crippen LogP contribution in [-0.2, 0) is 6.54 Å². The van der Waals surface area contributed by atoms with Gasteiger partial charge in [-0.05, 0) is 25.3 Å². The number of carbonyl (C=O) groups is 1. The molecule has 1 aromatic rings. The highest BCUT2D eigenvalue weighted by molar-refractivity contribution is 5.73. The zero-order chi connectivity index (χ0) is 13.9. The van der Waals surface area contributed by atoms with E-state index in [1.54, 1.807) is 22.9 Å². The molecule has 0 aliphatic rings. The van der Waals surface area contributed by atoms with Crippen LogP contribution in [0, 0.1) is 0 Å². The molecule has 1 rings (SSSR count). The van der Waals surface area contributed by atoms with E-state index in [2.05, 4.69) is 17.6 Å². The molecular formula is C14H23N3O2. The Bertz CT molecular complexity index is 429. The Labute approximate surface area is 114 Å². The molecule has 0 unspecified atom stereocenters. The number of pyridine rings is 1. The Balaban J connectivity index is 2.07. The summed E-state index contributed by atoms with van der Waals surface area (Å²) in [5, 5.41) is 5.60. The lowest BCUT2D eigenvalue weighted by atomic mass is 10.3. The second-order valence-corrected chi connectivity index (χ2v) is 4.48. The van der Waals surface area contributed by atoms with Crippen LogP contribution < -0.4 is 16.2 Å². The monoisotopic (exact) mass is 265 g/mol. The molecule has 1 heterocycles. The van der Waals surface area contributed by atoms with E-state index >= 15 is 0 Å². The van der Waals surface area contributed by atoms with Crippen molar-refractivity contribution in [1.82, 2.24) is 15.2 Å². The van der Waals surface area contributed by atoms with Crippen LogP contribution in [0.2, 0.25) is 0 Å². The van der Waals surface area contributed by atoms with Crippen LogP contribution in [-0.4, -0.2) is 23.7 Å². The first-order valence-electron chi connectivity index (χ1n) is 6.91. The van der Waals surface area contributed by atoms with Crippen LogP contribution in [0.25, 0.3) is 0 Å². The van der Waals surface area contributed by atoms with Gasteiger partial charge in [0.1, 0.15) is 0 Å². The summed E-state index contributed by atoms with van der Waals surface area (Å²) >= 11 is 0. The van der Waals surface area contributed by atoms with Gasteiger partial charge in [0.05, 0.1) is 0 Å². The molecule has 0 radical (unpaired) electrons. The lowest BCUT2D eigenvalue weighted by molar-refractivity contribution is 0.240. The summed E-state index contributed by atoms with van der Waals surface area (Å²) in [6.45, 7) is 4.14. The summed E-state index contributed by atoms with van der Waals surface area (Å²) in [5.74, 6) is 0. The maximum atomic E-state index is 11.4. The standard InChI is InChI=1S/C14H23N3O2/c1-2-3-9-15-14(19)16-10-5-7-12-17-11-6-4-8-13(17)18/h4,6,8,11H,2-3,5,7,9-10,12H2,1H3,(H2,15,16,19). The Morgan fingerprint density at radius 3 is 2.58 bits per heavy atom. The van der Waals surface area contributed by atoms with Crippen molar-refractivity contribution in [3.05, 3.63) is 34.7 Å². The number of nitrogens with one attached hydrogen (secondary N) is 2. The lowest BCUT2D eigenvalue weighted by Crippen LogP contribution is -2.36. The molecule has 2 amide bonds. The molecule has 0 bridgehead atoms. The van der Waals surface area contributed by atoms with Gasteiger partial charge in [0, 0.05) is 31.9 Å². The fourth-order valence-electron chi connectivity index (χ4n) is 1.70. The van der Waals surface area contributed by atoms with E-state index in [0.717, 1.165) is 32.2 Å². The van der Waals surface area contributed by atoms with E-state index < -0.39 is 0 Å². The molecule has 5 heteroatoms. The number of nitrogens with zero attached hydrogens (tertiary/aromatic N) is 1. The van der Waals surface area contributed by atoms with Crippen molar-refractivity contribution < 1.29 is 4.79 Å². The van der Waals surface area contributed by atoms with Gasteiger partial charge in [0.25, 0.3) is 0 Å². The van der Waals surface area contributed by atoms with Crippen molar-refractivity contribution in [2.24, 2.45) is 0 Å². The average Bonchev–Trinajstić information content (AvgIpc) is 2.41. The summed E-state index contributed by atoms with van der Waals surface area (Å²) in [7, 11) is 0. The Kier molecular flexibility index (Phi) is 7.39. The molecule has 2 N–H and O–H groups in total. The van der Waals surface area contributed by atoms with Crippen molar-refractivity contribution in [3.8, 4) is 0 Å². The van der Waals surface area contributed by atoms with Gasteiger partial charge in [-0.15, -0.1) is 0 Å². The van der Waals surface area contributed by atoms with Crippen molar-refractivity contribution in [2.75, 3.05) is 13.1 Å². The van der Waals surface area contributed by atoms with Gasteiger partial charge in [0.15, 0.2) is 0 Å². The van der Waals surface area contributed by atoms with Crippen molar-refractivity contribution in [3.63, 3.8) is 0 Å². The summed E-state index contributed by atoms with van der Waals surface area (Å²) < 4.78 is 1.68. The minimum absolute atomic E-state index is 0.0211. The maximum absolute atomic E-state index is 11.4. The normalized spacial score (nSPS) is 10.2. The average molecular weight is 265 g/mol. The third kappa shape index (κ3) is 6.64. The first-order valence-corrected chi connectivity index (χ1v) is 6.91. The van der Waals surface area contributed by atoms with E-state index in [1.165, 1.54) is 0 Å². The lowest BCUT2D eigenvalue weighted by Gasteiger charge is -2.07. The Morgan fingerprint density at radius 2 is 1.89 bits per heavy atom. The number of urea groups is 1. The highest BCUT2D eigenvalue weighted by Gasteiger charge is 1.98. The molecule has 0 saturated carbocycles. The molecule has 0 atom stereocenters. The molecule has 0 aliphatic heterocycles. The number of amides is 2. The van der Waals surface area contributed by atoms with E-state index in [0.29, 0.717) is 13.1 Å². The van der Waals surface area contributed by atoms with E-state index in [1.807, 2.05) is 6.07 Å². The predicted molar refractivity (Wildman–Crippen MR) is 76.2 cm³/mol. The quantitative estimate of drug-likeness (QED) is 0.703. The van der Waals surface area contributed by atoms with Gasteiger partial charge in [-0.25, -0.2) is 4.79 Å².